The van der Waals surface area contributed by atoms with Crippen LogP contribution in [0.15, 0.2) is 44.4 Å². The van der Waals surface area contributed by atoms with E-state index >= 15 is 0 Å². The van der Waals surface area contributed by atoms with E-state index < -0.39 is 18.2 Å². The zero-order chi connectivity index (χ0) is 21.2. The zero-order valence-electron chi connectivity index (χ0n) is 16.2. The molecule has 1 radical (unpaired) electrons. The van der Waals surface area contributed by atoms with E-state index in [0.717, 1.165) is 15.1 Å². The number of aliphatic hydroxyl groups is 2. The van der Waals surface area contributed by atoms with Crippen LogP contribution in [0.3, 0.4) is 0 Å². The molecule has 8 heteroatoms. The van der Waals surface area contributed by atoms with Crippen molar-refractivity contribution in [3.05, 3.63) is 40.2 Å². The number of carboxylic acids is 1. The molecule has 0 bridgehead atoms. The Labute approximate surface area is 190 Å². The van der Waals surface area contributed by atoms with E-state index in [1.54, 1.807) is 29.1 Å². The van der Waals surface area contributed by atoms with Gasteiger partial charge in [0, 0.05) is 0 Å². The maximum absolute atomic E-state index is 10.5. The van der Waals surface area contributed by atoms with E-state index in [2.05, 4.69) is 15.9 Å². The number of thiophene rings is 1. The van der Waals surface area contributed by atoms with Crippen molar-refractivity contribution in [1.82, 2.24) is 0 Å². The number of carbonyl (C=O) groups is 1. The normalized spacial score (nSPS) is 25.7. The van der Waals surface area contributed by atoms with Gasteiger partial charge >= 0.3 is 191 Å². The molecule has 1 unspecified atom stereocenters. The molecule has 1 saturated carbocycles. The quantitative estimate of drug-likeness (QED) is 0.173. The Balaban J connectivity index is 1.87. The van der Waals surface area contributed by atoms with Crippen LogP contribution in [0.5, 0.6) is 0 Å². The molecule has 2 rings (SSSR count). The summed E-state index contributed by atoms with van der Waals surface area (Å²) >= 11 is 6.69. The van der Waals surface area contributed by atoms with Gasteiger partial charge in [0.05, 0.1) is 0 Å². The van der Waals surface area contributed by atoms with Crippen LogP contribution in [-0.4, -0.2) is 52.7 Å². The van der Waals surface area contributed by atoms with Gasteiger partial charge in [-0.05, 0) is 0 Å². The van der Waals surface area contributed by atoms with Gasteiger partial charge in [-0.3, -0.25) is 0 Å². The Hall–Kier alpha value is -0.665. The summed E-state index contributed by atoms with van der Waals surface area (Å²) in [5.74, 6) is 1.65. The molecule has 1 aromatic heterocycles. The second-order valence-electron chi connectivity index (χ2n) is 7.24. The summed E-state index contributed by atoms with van der Waals surface area (Å²) < 4.78 is 2.20. The summed E-state index contributed by atoms with van der Waals surface area (Å²) in [6.45, 7) is 0. The summed E-state index contributed by atoms with van der Waals surface area (Å²) in [4.78, 5) is 10.5. The van der Waals surface area contributed by atoms with Gasteiger partial charge in [0.25, 0.3) is 0 Å². The van der Waals surface area contributed by atoms with Crippen LogP contribution >= 0.6 is 39.0 Å². The SMILES string of the molecule is [B]=C[C@@H]1CC(O)[C@H](C/C=C\CCCC(=O)O)[C@H]1/C=C/[C@@H](O)CSc1cc(Br)cs1. The van der Waals surface area contributed by atoms with E-state index in [1.165, 1.54) is 0 Å². The van der Waals surface area contributed by atoms with Crippen molar-refractivity contribution in [2.75, 3.05) is 5.75 Å². The Morgan fingerprint density at radius 3 is 2.90 bits per heavy atom. The molecule has 5 atom stereocenters. The molecule has 1 aliphatic rings. The monoisotopic (exact) mass is 497 g/mol. The van der Waals surface area contributed by atoms with Gasteiger partial charge in [0.1, 0.15) is 0 Å². The Morgan fingerprint density at radius 2 is 2.24 bits per heavy atom. The molecular weight excluding hydrogens is 471 g/mol. The molecule has 0 saturated heterocycles. The molecule has 0 aliphatic heterocycles. The molecule has 3 N–H and O–H groups in total. The molecule has 0 aromatic carbocycles. The van der Waals surface area contributed by atoms with E-state index in [-0.39, 0.29) is 24.2 Å². The number of aliphatic carboxylic acids is 1. The van der Waals surface area contributed by atoms with E-state index in [1.807, 2.05) is 35.8 Å². The van der Waals surface area contributed by atoms with Gasteiger partial charge in [0.15, 0.2) is 0 Å². The number of halogens is 1. The second kappa shape index (κ2) is 12.9. The number of thioether (sulfide) groups is 1. The summed E-state index contributed by atoms with van der Waals surface area (Å²) in [7, 11) is 5.80. The molecule has 29 heavy (non-hydrogen) atoms. The van der Waals surface area contributed by atoms with E-state index in [4.69, 9.17) is 12.6 Å². The fraction of sp³-hybridized carbons (Fsp3) is 0.524. The molecular formula is C21H27BBrO4S2. The predicted molar refractivity (Wildman–Crippen MR) is 126 cm³/mol. The van der Waals surface area contributed by atoms with E-state index in [0.29, 0.717) is 25.0 Å². The van der Waals surface area contributed by atoms with Crippen molar-refractivity contribution < 1.29 is 20.1 Å². The van der Waals surface area contributed by atoms with Crippen LogP contribution in [0.25, 0.3) is 0 Å². The number of rotatable bonds is 12. The van der Waals surface area contributed by atoms with Gasteiger partial charge < -0.3 is 0 Å². The van der Waals surface area contributed by atoms with Crippen molar-refractivity contribution in [1.29, 1.82) is 0 Å². The van der Waals surface area contributed by atoms with Crippen LogP contribution < -0.4 is 0 Å². The van der Waals surface area contributed by atoms with Crippen molar-refractivity contribution >= 4 is 58.5 Å². The summed E-state index contributed by atoms with van der Waals surface area (Å²) in [6.07, 6.45) is 9.67. The van der Waals surface area contributed by atoms with Crippen molar-refractivity contribution in [2.24, 2.45) is 17.8 Å². The molecule has 1 aromatic rings. The number of allylic oxidation sites excluding steroid dienone is 3. The van der Waals surface area contributed by atoms with Gasteiger partial charge in [-0.1, -0.05) is 0 Å². The Morgan fingerprint density at radius 1 is 1.45 bits per heavy atom. The number of hydrogen-bond donors (Lipinski definition) is 3. The van der Waals surface area contributed by atoms with Crippen LogP contribution in [0.1, 0.15) is 32.1 Å². The molecule has 4 nitrogen and oxygen atoms in total. The van der Waals surface area contributed by atoms with E-state index in [9.17, 15) is 15.0 Å². The second-order valence-corrected chi connectivity index (χ2v) is 10.4. The number of carboxylic acid groups (broad SMARTS) is 1. The maximum atomic E-state index is 10.5. The molecule has 0 spiro atoms. The minimum atomic E-state index is -0.778. The average molecular weight is 498 g/mol. The summed E-state index contributed by atoms with van der Waals surface area (Å²) in [5, 5.41) is 31.5. The molecule has 0 amide bonds. The standard InChI is InChI=1S/C21H27BBrO4S2/c22-11-14-9-19(25)18(5-3-1-2-4-6-20(26)27)17(14)8-7-16(24)13-29-21-10-15(23)12-28-21/h1,3,7-8,10-12,14,16-19,24-25H,2,4-6,9,13H2,(H,26,27)/b3-1-,8-7+/t14-,16+,17-,18+,19?/m0/s1. The Bertz CT molecular complexity index is 721. The molecule has 1 fully saturated rings. The first-order chi connectivity index (χ1) is 13.9. The molecule has 157 valence electrons. The van der Waals surface area contributed by atoms with Crippen molar-refractivity contribution in [3.63, 3.8) is 0 Å². The van der Waals surface area contributed by atoms with Crippen LogP contribution in [0.4, 0.5) is 0 Å². The first-order valence-electron chi connectivity index (χ1n) is 9.73. The van der Waals surface area contributed by atoms with Crippen LogP contribution in [0, 0.1) is 17.8 Å². The third kappa shape index (κ3) is 8.54. The minimum absolute atomic E-state index is 0.0416. The van der Waals surface area contributed by atoms with Crippen LogP contribution in [0.2, 0.25) is 0 Å². The summed E-state index contributed by atoms with van der Waals surface area (Å²) in [6, 6.07) is 2.04. The predicted octanol–water partition coefficient (Wildman–Crippen LogP) is 4.30. The Kier molecular flexibility index (Phi) is 10.9. The third-order valence-electron chi connectivity index (χ3n) is 5.08. The number of unbranched alkanes of at least 4 members (excludes halogenated alkanes) is 1. The first kappa shape index (κ1) is 24.6. The first-order valence-corrected chi connectivity index (χ1v) is 12.4. The summed E-state index contributed by atoms with van der Waals surface area (Å²) in [5.41, 5.74) is 0. The van der Waals surface area contributed by atoms with Crippen LogP contribution in [-0.2, 0) is 4.79 Å². The number of aliphatic hydroxyl groups excluding tert-OH is 2. The van der Waals surface area contributed by atoms with Gasteiger partial charge in [-0.2, -0.15) is 0 Å². The van der Waals surface area contributed by atoms with Crippen molar-refractivity contribution in [3.8, 4) is 0 Å². The number of hydrogen-bond acceptors (Lipinski definition) is 5. The van der Waals surface area contributed by atoms with Gasteiger partial charge in [-0.15, -0.1) is 0 Å². The molecule has 1 aliphatic carbocycles. The third-order valence-corrected chi connectivity index (χ3v) is 8.11. The van der Waals surface area contributed by atoms with Gasteiger partial charge in [0.2, 0.25) is 0 Å². The zero-order valence-corrected chi connectivity index (χ0v) is 19.4. The fourth-order valence-corrected chi connectivity index (χ4v) is 6.17. The topological polar surface area (TPSA) is 77.8 Å². The van der Waals surface area contributed by atoms with Gasteiger partial charge in [-0.25, -0.2) is 0 Å². The fourth-order valence-electron chi connectivity index (χ4n) is 3.58. The average Bonchev–Trinajstić information content (AvgIpc) is 3.23. The van der Waals surface area contributed by atoms with Crippen molar-refractivity contribution in [2.45, 2.75) is 48.5 Å². The molecule has 1 heterocycles.